The van der Waals surface area contributed by atoms with Gasteiger partial charge in [-0.25, -0.2) is 0 Å². The molecule has 2 N–H and O–H groups in total. The first-order valence-electron chi connectivity index (χ1n) is 8.17. The van der Waals surface area contributed by atoms with E-state index in [-0.39, 0.29) is 5.91 Å². The van der Waals surface area contributed by atoms with Crippen LogP contribution >= 0.6 is 0 Å². The van der Waals surface area contributed by atoms with Crippen LogP contribution in [-0.4, -0.2) is 24.0 Å². The van der Waals surface area contributed by atoms with E-state index in [4.69, 9.17) is 0 Å². The number of anilines is 1. The molecule has 4 heteroatoms. The zero-order valence-electron chi connectivity index (χ0n) is 13.2. The molecule has 1 aliphatic rings. The maximum Gasteiger partial charge on any atom is 0.253 e. The third-order valence-corrected chi connectivity index (χ3v) is 4.67. The van der Waals surface area contributed by atoms with Crippen molar-refractivity contribution in [2.24, 2.45) is 5.41 Å². The van der Waals surface area contributed by atoms with Gasteiger partial charge in [-0.1, -0.05) is 26.7 Å². The molecule has 4 nitrogen and oxygen atoms in total. The molecule has 2 rings (SSSR count). The van der Waals surface area contributed by atoms with Gasteiger partial charge in [0, 0.05) is 19.3 Å². The highest BCUT2D eigenvalue weighted by Gasteiger charge is 2.32. The van der Waals surface area contributed by atoms with E-state index in [9.17, 15) is 4.79 Å². The number of hydrogen-bond acceptors (Lipinski definition) is 3. The molecule has 1 aromatic heterocycles. The molecule has 1 heterocycles. The van der Waals surface area contributed by atoms with Gasteiger partial charge in [0.05, 0.1) is 17.4 Å². The van der Waals surface area contributed by atoms with E-state index >= 15 is 0 Å². The monoisotopic (exact) mass is 289 g/mol. The van der Waals surface area contributed by atoms with Gasteiger partial charge in [0.2, 0.25) is 0 Å². The fourth-order valence-electron chi connectivity index (χ4n) is 3.14. The Hall–Kier alpha value is -1.58. The molecular formula is C17H27N3O. The molecule has 0 spiro atoms. The molecule has 0 atom stereocenters. The van der Waals surface area contributed by atoms with Crippen LogP contribution in [0.2, 0.25) is 0 Å². The Kier molecular flexibility index (Phi) is 5.59. The SMILES string of the molecule is CCCNc1cnccc1C(=O)NCC1(CC)CCCC1. The minimum Gasteiger partial charge on any atom is -0.383 e. The first kappa shape index (κ1) is 15.8. The molecule has 1 amide bonds. The van der Waals surface area contributed by atoms with E-state index in [2.05, 4.69) is 29.5 Å². The summed E-state index contributed by atoms with van der Waals surface area (Å²) in [5, 5.41) is 6.41. The van der Waals surface area contributed by atoms with Gasteiger partial charge in [-0.2, -0.15) is 0 Å². The van der Waals surface area contributed by atoms with Gasteiger partial charge in [0.15, 0.2) is 0 Å². The molecule has 0 saturated heterocycles. The van der Waals surface area contributed by atoms with Crippen molar-refractivity contribution in [1.82, 2.24) is 10.3 Å². The molecule has 1 saturated carbocycles. The lowest BCUT2D eigenvalue weighted by Gasteiger charge is -2.27. The van der Waals surface area contributed by atoms with Crippen molar-refractivity contribution in [3.8, 4) is 0 Å². The lowest BCUT2D eigenvalue weighted by Crippen LogP contribution is -2.36. The van der Waals surface area contributed by atoms with Gasteiger partial charge in [0.25, 0.3) is 5.91 Å². The third-order valence-electron chi connectivity index (χ3n) is 4.67. The summed E-state index contributed by atoms with van der Waals surface area (Å²) in [7, 11) is 0. The van der Waals surface area contributed by atoms with Crippen molar-refractivity contribution in [1.29, 1.82) is 0 Å². The van der Waals surface area contributed by atoms with Crippen LogP contribution in [0, 0.1) is 5.41 Å². The molecule has 1 aliphatic carbocycles. The Bertz CT molecular complexity index is 467. The van der Waals surface area contributed by atoms with Crippen molar-refractivity contribution in [2.75, 3.05) is 18.4 Å². The molecule has 1 fully saturated rings. The van der Waals surface area contributed by atoms with Crippen LogP contribution in [0.4, 0.5) is 5.69 Å². The fourth-order valence-corrected chi connectivity index (χ4v) is 3.14. The first-order valence-corrected chi connectivity index (χ1v) is 8.17. The van der Waals surface area contributed by atoms with Crippen LogP contribution in [0.15, 0.2) is 18.5 Å². The van der Waals surface area contributed by atoms with Crippen LogP contribution in [0.3, 0.4) is 0 Å². The van der Waals surface area contributed by atoms with E-state index in [1.54, 1.807) is 18.5 Å². The summed E-state index contributed by atoms with van der Waals surface area (Å²) in [5.41, 5.74) is 1.84. The largest absolute Gasteiger partial charge is 0.383 e. The molecule has 0 radical (unpaired) electrons. The van der Waals surface area contributed by atoms with Crippen molar-refractivity contribution in [2.45, 2.75) is 52.4 Å². The molecule has 116 valence electrons. The summed E-state index contributed by atoms with van der Waals surface area (Å²) in [4.78, 5) is 16.6. The number of hydrogen-bond donors (Lipinski definition) is 2. The van der Waals surface area contributed by atoms with Gasteiger partial charge < -0.3 is 10.6 Å². The van der Waals surface area contributed by atoms with Crippen LogP contribution in [0.25, 0.3) is 0 Å². The van der Waals surface area contributed by atoms with Crippen molar-refractivity contribution < 1.29 is 4.79 Å². The van der Waals surface area contributed by atoms with E-state index in [0.29, 0.717) is 11.0 Å². The summed E-state index contributed by atoms with van der Waals surface area (Å²) in [6.07, 6.45) is 10.6. The average molecular weight is 289 g/mol. The number of carbonyl (C=O) groups excluding carboxylic acids is 1. The summed E-state index contributed by atoms with van der Waals surface area (Å²) in [5.74, 6) is 0.00993. The third kappa shape index (κ3) is 3.96. The van der Waals surface area contributed by atoms with Crippen molar-refractivity contribution >= 4 is 11.6 Å². The second kappa shape index (κ2) is 7.43. The standard InChI is InChI=1S/C17H27N3O/c1-3-10-19-15-12-18-11-7-14(15)16(21)20-13-17(4-2)8-5-6-9-17/h7,11-12,19H,3-6,8-10,13H2,1-2H3,(H,20,21). The highest BCUT2D eigenvalue weighted by molar-refractivity contribution is 5.99. The number of pyridine rings is 1. The topological polar surface area (TPSA) is 54.0 Å². The maximum atomic E-state index is 12.5. The molecule has 0 aliphatic heterocycles. The normalized spacial score (nSPS) is 16.7. The van der Waals surface area contributed by atoms with E-state index in [1.165, 1.54) is 25.7 Å². The Labute approximate surface area is 127 Å². The lowest BCUT2D eigenvalue weighted by molar-refractivity contribution is 0.0929. The van der Waals surface area contributed by atoms with Crippen LogP contribution in [-0.2, 0) is 0 Å². The maximum absolute atomic E-state index is 12.5. The highest BCUT2D eigenvalue weighted by Crippen LogP contribution is 2.40. The predicted octanol–water partition coefficient (Wildman–Crippen LogP) is 3.60. The number of rotatable bonds is 7. The van der Waals surface area contributed by atoms with Crippen LogP contribution in [0.5, 0.6) is 0 Å². The van der Waals surface area contributed by atoms with Gasteiger partial charge in [-0.3, -0.25) is 9.78 Å². The smallest absolute Gasteiger partial charge is 0.253 e. The first-order chi connectivity index (χ1) is 10.2. The zero-order chi connectivity index (χ0) is 15.1. The van der Waals surface area contributed by atoms with Crippen molar-refractivity contribution in [3.63, 3.8) is 0 Å². The second-order valence-electron chi connectivity index (χ2n) is 6.09. The zero-order valence-corrected chi connectivity index (χ0v) is 13.2. The molecule has 0 aromatic carbocycles. The minimum atomic E-state index is 0.00993. The highest BCUT2D eigenvalue weighted by atomic mass is 16.1. The summed E-state index contributed by atoms with van der Waals surface area (Å²) >= 11 is 0. The van der Waals surface area contributed by atoms with Crippen molar-refractivity contribution in [3.05, 3.63) is 24.0 Å². The summed E-state index contributed by atoms with van der Waals surface area (Å²) in [6.45, 7) is 5.98. The number of carbonyl (C=O) groups is 1. The van der Waals surface area contributed by atoms with Gasteiger partial charge >= 0.3 is 0 Å². The van der Waals surface area contributed by atoms with Gasteiger partial charge in [-0.05, 0) is 37.2 Å². The predicted molar refractivity (Wildman–Crippen MR) is 86.5 cm³/mol. The Morgan fingerprint density at radius 1 is 1.33 bits per heavy atom. The average Bonchev–Trinajstić information content (AvgIpc) is 3.00. The second-order valence-corrected chi connectivity index (χ2v) is 6.09. The summed E-state index contributed by atoms with van der Waals surface area (Å²) in [6, 6.07) is 1.79. The Balaban J connectivity index is 2.00. The Morgan fingerprint density at radius 3 is 2.76 bits per heavy atom. The van der Waals surface area contributed by atoms with E-state index in [0.717, 1.165) is 31.6 Å². The molecule has 0 bridgehead atoms. The van der Waals surface area contributed by atoms with Gasteiger partial charge in [0.1, 0.15) is 0 Å². The van der Waals surface area contributed by atoms with Crippen LogP contribution < -0.4 is 10.6 Å². The molecule has 21 heavy (non-hydrogen) atoms. The molecule has 1 aromatic rings. The van der Waals surface area contributed by atoms with E-state index in [1.807, 2.05) is 0 Å². The number of nitrogens with zero attached hydrogens (tertiary/aromatic N) is 1. The van der Waals surface area contributed by atoms with E-state index < -0.39 is 0 Å². The van der Waals surface area contributed by atoms with Crippen LogP contribution in [0.1, 0.15) is 62.7 Å². The fraction of sp³-hybridized carbons (Fsp3) is 0.647. The Morgan fingerprint density at radius 2 is 2.10 bits per heavy atom. The summed E-state index contributed by atoms with van der Waals surface area (Å²) < 4.78 is 0. The quantitative estimate of drug-likeness (QED) is 0.806. The number of aromatic nitrogens is 1. The lowest BCUT2D eigenvalue weighted by atomic mass is 9.83. The minimum absolute atomic E-state index is 0.00993. The number of amides is 1. The molecule has 0 unspecified atom stereocenters. The number of nitrogens with one attached hydrogen (secondary N) is 2. The molecular weight excluding hydrogens is 262 g/mol. The van der Waals surface area contributed by atoms with Gasteiger partial charge in [-0.15, -0.1) is 0 Å².